The molecule has 0 aromatic rings. The maximum atomic E-state index is 6.07. The minimum atomic E-state index is -2.57. The lowest BCUT2D eigenvalue weighted by Crippen LogP contribution is -2.48. The first kappa shape index (κ1) is 29.0. The molecule has 176 valence electrons. The molecule has 0 bridgehead atoms. The summed E-state index contributed by atoms with van der Waals surface area (Å²) in [6.45, 7) is 27.2. The van der Waals surface area contributed by atoms with Gasteiger partial charge in [-0.25, -0.2) is 0 Å². The van der Waals surface area contributed by atoms with Crippen molar-refractivity contribution in [3.63, 3.8) is 0 Å². The Kier molecular flexibility index (Phi) is 18.7. The molecule has 0 unspecified atom stereocenters. The van der Waals surface area contributed by atoms with E-state index in [4.69, 9.17) is 13.3 Å². The van der Waals surface area contributed by atoms with Gasteiger partial charge in [-0.15, -0.1) is 0 Å². The molecule has 0 saturated heterocycles. The quantitative estimate of drug-likeness (QED) is 0.256. The van der Waals surface area contributed by atoms with Crippen LogP contribution in [0.2, 0.25) is 6.04 Å². The molecule has 0 N–H and O–H groups in total. The SMILES string of the molecule is CCO[Si](CCN(CCCN(CC)CC)CCCN(CC)CC)(OCC)OCC. The van der Waals surface area contributed by atoms with Crippen molar-refractivity contribution >= 4 is 8.80 Å². The molecule has 0 fully saturated rings. The lowest BCUT2D eigenvalue weighted by molar-refractivity contribution is 0.0677. The molecule has 0 aromatic heterocycles. The fourth-order valence-corrected chi connectivity index (χ4v) is 6.34. The molecular weight excluding hydrogens is 382 g/mol. The summed E-state index contributed by atoms with van der Waals surface area (Å²) in [5.74, 6) is 0. The molecular formula is C22H51N3O3Si. The van der Waals surface area contributed by atoms with Crippen LogP contribution in [0.5, 0.6) is 0 Å². The normalized spacial score (nSPS) is 12.6. The fourth-order valence-electron chi connectivity index (χ4n) is 3.75. The van der Waals surface area contributed by atoms with Gasteiger partial charge >= 0.3 is 8.80 Å². The zero-order valence-electron chi connectivity index (χ0n) is 20.7. The summed E-state index contributed by atoms with van der Waals surface area (Å²) < 4.78 is 18.2. The molecule has 0 aromatic carbocycles. The second kappa shape index (κ2) is 18.7. The second-order valence-corrected chi connectivity index (χ2v) is 10.1. The summed E-state index contributed by atoms with van der Waals surface area (Å²) in [5.41, 5.74) is 0. The molecule has 0 rings (SSSR count). The monoisotopic (exact) mass is 433 g/mol. The molecule has 0 aliphatic carbocycles. The Morgan fingerprint density at radius 3 is 1.14 bits per heavy atom. The van der Waals surface area contributed by atoms with Gasteiger partial charge in [0.1, 0.15) is 0 Å². The zero-order valence-corrected chi connectivity index (χ0v) is 21.7. The highest BCUT2D eigenvalue weighted by Crippen LogP contribution is 2.17. The molecule has 29 heavy (non-hydrogen) atoms. The third-order valence-corrected chi connectivity index (χ3v) is 8.53. The minimum absolute atomic E-state index is 0.649. The molecule has 0 amide bonds. The number of hydrogen-bond acceptors (Lipinski definition) is 6. The first-order valence-electron chi connectivity index (χ1n) is 12.1. The van der Waals surface area contributed by atoms with Gasteiger partial charge in [-0.1, -0.05) is 27.7 Å². The third kappa shape index (κ3) is 13.1. The standard InChI is InChI=1S/C22H51N3O3Si/c1-8-23(9-2)17-15-19-25(20-16-18-24(10-3)11-4)21-22-29(26-12-5,27-13-6)28-14-7/h8-22H2,1-7H3. The van der Waals surface area contributed by atoms with Crippen LogP contribution in [0, 0.1) is 0 Å². The van der Waals surface area contributed by atoms with E-state index in [1.807, 2.05) is 20.8 Å². The van der Waals surface area contributed by atoms with Crippen molar-refractivity contribution in [2.75, 3.05) is 78.7 Å². The van der Waals surface area contributed by atoms with Gasteiger partial charge < -0.3 is 28.0 Å². The molecule has 0 atom stereocenters. The van der Waals surface area contributed by atoms with E-state index < -0.39 is 8.80 Å². The highest BCUT2D eigenvalue weighted by molar-refractivity contribution is 6.60. The number of nitrogens with zero attached hydrogens (tertiary/aromatic N) is 3. The fraction of sp³-hybridized carbons (Fsp3) is 1.00. The summed E-state index contributed by atoms with van der Waals surface area (Å²) in [6.07, 6.45) is 2.42. The topological polar surface area (TPSA) is 37.4 Å². The lowest BCUT2D eigenvalue weighted by Gasteiger charge is -2.32. The van der Waals surface area contributed by atoms with Crippen LogP contribution in [0.15, 0.2) is 0 Å². The molecule has 0 aliphatic rings. The predicted octanol–water partition coefficient (Wildman–Crippen LogP) is 3.80. The summed E-state index contributed by atoms with van der Waals surface area (Å²) >= 11 is 0. The van der Waals surface area contributed by atoms with Crippen LogP contribution in [0.4, 0.5) is 0 Å². The van der Waals surface area contributed by atoms with Gasteiger partial charge in [-0.3, -0.25) is 0 Å². The van der Waals surface area contributed by atoms with Crippen molar-refractivity contribution in [3.05, 3.63) is 0 Å². The first-order chi connectivity index (χ1) is 14.0. The largest absolute Gasteiger partial charge is 0.502 e. The molecule has 0 saturated carbocycles. The van der Waals surface area contributed by atoms with Gasteiger partial charge in [-0.2, -0.15) is 0 Å². The average Bonchev–Trinajstić information content (AvgIpc) is 2.72. The van der Waals surface area contributed by atoms with E-state index in [9.17, 15) is 0 Å². The van der Waals surface area contributed by atoms with Crippen LogP contribution in [0.1, 0.15) is 61.3 Å². The summed E-state index contributed by atoms with van der Waals surface area (Å²) in [4.78, 5) is 7.62. The van der Waals surface area contributed by atoms with E-state index in [0.717, 1.165) is 51.9 Å². The Morgan fingerprint density at radius 2 is 0.828 bits per heavy atom. The number of hydrogen-bond donors (Lipinski definition) is 0. The zero-order chi connectivity index (χ0) is 22.0. The van der Waals surface area contributed by atoms with Crippen LogP contribution in [0.3, 0.4) is 0 Å². The van der Waals surface area contributed by atoms with E-state index in [-0.39, 0.29) is 0 Å². The van der Waals surface area contributed by atoms with Crippen molar-refractivity contribution in [1.82, 2.24) is 14.7 Å². The Bertz CT molecular complexity index is 321. The van der Waals surface area contributed by atoms with E-state index in [1.165, 1.54) is 25.9 Å². The Morgan fingerprint density at radius 1 is 0.483 bits per heavy atom. The van der Waals surface area contributed by atoms with E-state index in [0.29, 0.717) is 19.8 Å². The highest BCUT2D eigenvalue weighted by Gasteiger charge is 2.40. The molecule has 0 spiro atoms. The Hall–Kier alpha value is -0.0231. The molecule has 0 radical (unpaired) electrons. The van der Waals surface area contributed by atoms with Crippen molar-refractivity contribution in [2.45, 2.75) is 67.4 Å². The predicted molar refractivity (Wildman–Crippen MR) is 127 cm³/mol. The van der Waals surface area contributed by atoms with E-state index in [1.54, 1.807) is 0 Å². The van der Waals surface area contributed by atoms with Crippen molar-refractivity contribution in [1.29, 1.82) is 0 Å². The first-order valence-corrected chi connectivity index (χ1v) is 14.1. The molecule has 0 heterocycles. The minimum Gasteiger partial charge on any atom is -0.374 e. The molecule has 6 nitrogen and oxygen atoms in total. The molecule has 7 heteroatoms. The van der Waals surface area contributed by atoms with Gasteiger partial charge in [0, 0.05) is 32.4 Å². The average molecular weight is 434 g/mol. The number of rotatable bonds is 21. The second-order valence-electron chi connectivity index (χ2n) is 7.33. The van der Waals surface area contributed by atoms with Crippen LogP contribution >= 0.6 is 0 Å². The van der Waals surface area contributed by atoms with Crippen molar-refractivity contribution in [2.24, 2.45) is 0 Å². The summed E-state index contributed by atoms with van der Waals surface area (Å²) in [6, 6.07) is 0.874. The highest BCUT2D eigenvalue weighted by atomic mass is 28.4. The van der Waals surface area contributed by atoms with Gasteiger partial charge in [-0.05, 0) is 86.0 Å². The van der Waals surface area contributed by atoms with Gasteiger partial charge in [0.15, 0.2) is 0 Å². The third-order valence-electron chi connectivity index (χ3n) is 5.51. The van der Waals surface area contributed by atoms with Gasteiger partial charge in [0.05, 0.1) is 0 Å². The van der Waals surface area contributed by atoms with Crippen molar-refractivity contribution < 1.29 is 13.3 Å². The van der Waals surface area contributed by atoms with Crippen molar-refractivity contribution in [3.8, 4) is 0 Å². The smallest absolute Gasteiger partial charge is 0.374 e. The Balaban J connectivity index is 4.85. The van der Waals surface area contributed by atoms with E-state index in [2.05, 4.69) is 42.4 Å². The maximum absolute atomic E-state index is 6.07. The van der Waals surface area contributed by atoms with Gasteiger partial charge in [0.2, 0.25) is 0 Å². The van der Waals surface area contributed by atoms with Crippen LogP contribution < -0.4 is 0 Å². The molecule has 0 aliphatic heterocycles. The maximum Gasteiger partial charge on any atom is 0.502 e. The van der Waals surface area contributed by atoms with E-state index >= 15 is 0 Å². The summed E-state index contributed by atoms with van der Waals surface area (Å²) in [7, 11) is -2.57. The summed E-state index contributed by atoms with van der Waals surface area (Å²) in [5, 5.41) is 0. The van der Waals surface area contributed by atoms with Crippen LogP contribution in [-0.2, 0) is 13.3 Å². The van der Waals surface area contributed by atoms with Gasteiger partial charge in [0.25, 0.3) is 0 Å². The lowest BCUT2D eigenvalue weighted by atomic mass is 10.3. The van der Waals surface area contributed by atoms with Crippen LogP contribution in [-0.4, -0.2) is 102 Å². The Labute approximate surface area is 183 Å². The van der Waals surface area contributed by atoms with Crippen LogP contribution in [0.25, 0.3) is 0 Å².